The Bertz CT molecular complexity index is 518. The molecule has 1 aliphatic rings. The molecule has 0 spiro atoms. The molecule has 2 unspecified atom stereocenters. The lowest BCUT2D eigenvalue weighted by Crippen LogP contribution is -2.61. The van der Waals surface area contributed by atoms with Gasteiger partial charge in [-0.2, -0.15) is 0 Å². The third kappa shape index (κ3) is 2.50. The van der Waals surface area contributed by atoms with Crippen LogP contribution in [0.3, 0.4) is 0 Å². The van der Waals surface area contributed by atoms with Gasteiger partial charge in [-0.15, -0.1) is 11.3 Å². The van der Waals surface area contributed by atoms with E-state index in [1.165, 1.54) is 11.3 Å². The van der Waals surface area contributed by atoms with Crippen molar-refractivity contribution in [3.8, 4) is 0 Å². The van der Waals surface area contributed by atoms with E-state index in [4.69, 9.17) is 12.2 Å². The average Bonchev–Trinajstić information content (AvgIpc) is 2.57. The van der Waals surface area contributed by atoms with Crippen molar-refractivity contribution < 1.29 is 9.90 Å². The maximum absolute atomic E-state index is 11.9. The van der Waals surface area contributed by atoms with E-state index in [2.05, 4.69) is 10.3 Å². The zero-order chi connectivity index (χ0) is 13.5. The van der Waals surface area contributed by atoms with Gasteiger partial charge in [0, 0.05) is 22.0 Å². The second kappa shape index (κ2) is 4.75. The van der Waals surface area contributed by atoms with E-state index < -0.39 is 0 Å². The summed E-state index contributed by atoms with van der Waals surface area (Å²) in [5.41, 5.74) is 0.739. The molecule has 1 aromatic rings. The third-order valence-corrected chi connectivity index (χ3v) is 5.13. The number of hydrogen-bond acceptors (Lipinski definition) is 4. The molecule has 1 aromatic heterocycles. The molecule has 0 bridgehead atoms. The number of aliphatic hydroxyl groups excluding tert-OH is 1. The van der Waals surface area contributed by atoms with Gasteiger partial charge >= 0.3 is 0 Å². The molecular formula is C12H18N2O2S2. The van der Waals surface area contributed by atoms with Gasteiger partial charge in [-0.3, -0.25) is 4.79 Å². The number of thiazole rings is 1. The molecule has 100 valence electrons. The van der Waals surface area contributed by atoms with E-state index >= 15 is 0 Å². The first-order valence-corrected chi connectivity index (χ1v) is 7.19. The summed E-state index contributed by atoms with van der Waals surface area (Å²) in [5, 5.41) is 12.6. The van der Waals surface area contributed by atoms with Crippen LogP contribution in [0.25, 0.3) is 0 Å². The lowest BCUT2D eigenvalue weighted by atomic mass is 9.64. The highest BCUT2D eigenvalue weighted by atomic mass is 32.1. The molecule has 2 atom stereocenters. The average molecular weight is 286 g/mol. The fourth-order valence-electron chi connectivity index (χ4n) is 2.14. The van der Waals surface area contributed by atoms with E-state index in [0.29, 0.717) is 16.8 Å². The minimum absolute atomic E-state index is 0.00618. The van der Waals surface area contributed by atoms with E-state index in [9.17, 15) is 9.90 Å². The summed E-state index contributed by atoms with van der Waals surface area (Å²) in [6, 6.07) is 0.0622. The molecule has 1 fully saturated rings. The van der Waals surface area contributed by atoms with Crippen molar-refractivity contribution in [2.24, 2.45) is 5.41 Å². The summed E-state index contributed by atoms with van der Waals surface area (Å²) in [5.74, 6) is -0.00618. The van der Waals surface area contributed by atoms with Crippen molar-refractivity contribution in [2.45, 2.75) is 45.8 Å². The van der Waals surface area contributed by atoms with Crippen LogP contribution in [0, 0.1) is 16.3 Å². The predicted octanol–water partition coefficient (Wildman–Crippen LogP) is 1.93. The third-order valence-electron chi connectivity index (χ3n) is 3.80. The Morgan fingerprint density at radius 1 is 1.67 bits per heavy atom. The standard InChI is InChI=1S/C12H18N2O2S2/c1-6-7(18-11(17)13-6)4-10(16)14-8-5-9(15)12(8,2)3/h8-9,15H,4-5H2,1-3H3,(H,13,17)(H,14,16). The summed E-state index contributed by atoms with van der Waals surface area (Å²) in [6.07, 6.45) is 0.672. The number of amides is 1. The lowest BCUT2D eigenvalue weighted by Gasteiger charge is -2.49. The number of carbonyl (C=O) groups excluding carboxylic acids is 1. The minimum Gasteiger partial charge on any atom is -0.392 e. The van der Waals surface area contributed by atoms with Gasteiger partial charge in [0.05, 0.1) is 12.5 Å². The van der Waals surface area contributed by atoms with Crippen LogP contribution in [0.4, 0.5) is 0 Å². The Labute approximate surface area is 115 Å². The zero-order valence-electron chi connectivity index (χ0n) is 10.7. The fraction of sp³-hybridized carbons (Fsp3) is 0.667. The van der Waals surface area contributed by atoms with Crippen LogP contribution < -0.4 is 5.32 Å². The quantitative estimate of drug-likeness (QED) is 0.744. The van der Waals surface area contributed by atoms with Gasteiger partial charge in [0.1, 0.15) is 0 Å². The van der Waals surface area contributed by atoms with Crippen molar-refractivity contribution in [1.82, 2.24) is 10.3 Å². The molecule has 1 amide bonds. The van der Waals surface area contributed by atoms with E-state index in [1.807, 2.05) is 20.8 Å². The van der Waals surface area contributed by atoms with Crippen LogP contribution in [0.5, 0.6) is 0 Å². The van der Waals surface area contributed by atoms with Gasteiger partial charge in [0.2, 0.25) is 5.91 Å². The maximum Gasteiger partial charge on any atom is 0.225 e. The molecule has 1 heterocycles. The topological polar surface area (TPSA) is 65.1 Å². The summed E-state index contributed by atoms with van der Waals surface area (Å²) in [7, 11) is 0. The Hall–Kier alpha value is -0.720. The zero-order valence-corrected chi connectivity index (χ0v) is 12.4. The lowest BCUT2D eigenvalue weighted by molar-refractivity contribution is -0.128. The number of aromatic nitrogens is 1. The van der Waals surface area contributed by atoms with Crippen molar-refractivity contribution in [3.63, 3.8) is 0 Å². The molecule has 18 heavy (non-hydrogen) atoms. The van der Waals surface area contributed by atoms with Crippen LogP contribution in [0.15, 0.2) is 0 Å². The van der Waals surface area contributed by atoms with Crippen LogP contribution in [-0.2, 0) is 11.2 Å². The first-order valence-electron chi connectivity index (χ1n) is 5.96. The molecule has 0 aliphatic heterocycles. The first-order chi connectivity index (χ1) is 8.30. The Balaban J connectivity index is 1.94. The molecule has 1 aliphatic carbocycles. The summed E-state index contributed by atoms with van der Waals surface area (Å²) >= 11 is 6.49. The number of rotatable bonds is 3. The van der Waals surface area contributed by atoms with E-state index in [0.717, 1.165) is 10.6 Å². The Morgan fingerprint density at radius 3 is 2.78 bits per heavy atom. The summed E-state index contributed by atoms with van der Waals surface area (Å²) in [4.78, 5) is 16.0. The van der Waals surface area contributed by atoms with Crippen molar-refractivity contribution in [3.05, 3.63) is 14.5 Å². The van der Waals surface area contributed by atoms with Gasteiger partial charge in [-0.05, 0) is 25.6 Å². The first kappa shape index (κ1) is 13.7. The summed E-state index contributed by atoms with van der Waals surface area (Å²) < 4.78 is 0.703. The van der Waals surface area contributed by atoms with Crippen LogP contribution in [0.2, 0.25) is 0 Å². The van der Waals surface area contributed by atoms with Gasteiger partial charge in [0.25, 0.3) is 0 Å². The highest BCUT2D eigenvalue weighted by Gasteiger charge is 2.47. The normalized spacial score (nSPS) is 25.6. The molecule has 0 aromatic carbocycles. The van der Waals surface area contributed by atoms with Gasteiger partial charge < -0.3 is 15.4 Å². The molecule has 0 saturated heterocycles. The largest absolute Gasteiger partial charge is 0.392 e. The SMILES string of the molecule is Cc1[nH]c(=S)sc1CC(=O)NC1CC(O)C1(C)C. The van der Waals surface area contributed by atoms with Crippen molar-refractivity contribution >= 4 is 29.5 Å². The number of aryl methyl sites for hydroxylation is 1. The predicted molar refractivity (Wildman–Crippen MR) is 74.3 cm³/mol. The second-order valence-electron chi connectivity index (χ2n) is 5.43. The highest BCUT2D eigenvalue weighted by Crippen LogP contribution is 2.40. The highest BCUT2D eigenvalue weighted by molar-refractivity contribution is 7.73. The fourth-order valence-corrected chi connectivity index (χ4v) is 3.43. The van der Waals surface area contributed by atoms with Crippen molar-refractivity contribution in [2.75, 3.05) is 0 Å². The van der Waals surface area contributed by atoms with Crippen LogP contribution in [-0.4, -0.2) is 28.1 Å². The number of H-pyrrole nitrogens is 1. The van der Waals surface area contributed by atoms with Crippen LogP contribution >= 0.6 is 23.6 Å². The van der Waals surface area contributed by atoms with E-state index in [1.54, 1.807) is 0 Å². The molecule has 6 heteroatoms. The van der Waals surface area contributed by atoms with E-state index in [-0.39, 0.29) is 23.5 Å². The smallest absolute Gasteiger partial charge is 0.225 e. The molecular weight excluding hydrogens is 268 g/mol. The summed E-state index contributed by atoms with van der Waals surface area (Å²) in [6.45, 7) is 5.86. The number of nitrogens with one attached hydrogen (secondary N) is 2. The van der Waals surface area contributed by atoms with Gasteiger partial charge in [-0.25, -0.2) is 0 Å². The number of carbonyl (C=O) groups is 1. The number of aliphatic hydroxyl groups is 1. The van der Waals surface area contributed by atoms with Gasteiger partial charge in [-0.1, -0.05) is 13.8 Å². The number of hydrogen-bond donors (Lipinski definition) is 3. The minimum atomic E-state index is -0.321. The Morgan fingerprint density at radius 2 is 2.33 bits per heavy atom. The maximum atomic E-state index is 11.9. The van der Waals surface area contributed by atoms with Crippen LogP contribution in [0.1, 0.15) is 30.8 Å². The second-order valence-corrected chi connectivity index (χ2v) is 7.20. The molecule has 4 nitrogen and oxygen atoms in total. The van der Waals surface area contributed by atoms with Crippen molar-refractivity contribution in [1.29, 1.82) is 0 Å². The molecule has 1 saturated carbocycles. The number of aromatic amines is 1. The Kier molecular flexibility index (Phi) is 3.62. The van der Waals surface area contributed by atoms with Gasteiger partial charge in [0.15, 0.2) is 3.95 Å². The monoisotopic (exact) mass is 286 g/mol. The molecule has 3 N–H and O–H groups in total. The molecule has 0 radical (unpaired) electrons. The molecule has 2 rings (SSSR count).